The van der Waals surface area contributed by atoms with Crippen LogP contribution in [-0.4, -0.2) is 99.0 Å². The van der Waals surface area contributed by atoms with Crippen molar-refractivity contribution in [2.75, 3.05) is 75.0 Å². The summed E-state index contributed by atoms with van der Waals surface area (Å²) in [5.41, 5.74) is 0.793. The number of halogens is 1. The van der Waals surface area contributed by atoms with Crippen molar-refractivity contribution in [1.29, 1.82) is 0 Å². The highest BCUT2D eigenvalue weighted by Crippen LogP contribution is 2.37. The second-order valence-corrected chi connectivity index (χ2v) is 14.5. The van der Waals surface area contributed by atoms with E-state index in [-0.39, 0.29) is 38.4 Å². The number of anilines is 2. The maximum Gasteiger partial charge on any atom is 0.327 e. The van der Waals surface area contributed by atoms with Crippen LogP contribution in [-0.2, 0) is 14.8 Å². The van der Waals surface area contributed by atoms with Crippen molar-refractivity contribution >= 4 is 44.2 Å². The van der Waals surface area contributed by atoms with E-state index < -0.39 is 33.8 Å². The number of benzene rings is 3. The van der Waals surface area contributed by atoms with Crippen LogP contribution in [0.15, 0.2) is 71.5 Å². The second kappa shape index (κ2) is 14.6. The number of carbonyl (C=O) groups is 2. The molecule has 3 heterocycles. The summed E-state index contributed by atoms with van der Waals surface area (Å²) in [6.07, 6.45) is 1.59. The van der Waals surface area contributed by atoms with Crippen LogP contribution in [0.1, 0.15) is 26.6 Å². The van der Waals surface area contributed by atoms with Gasteiger partial charge in [-0.1, -0.05) is 12.1 Å². The summed E-state index contributed by atoms with van der Waals surface area (Å²) >= 11 is 0. The lowest BCUT2D eigenvalue weighted by molar-refractivity contribution is -0.135. The first-order valence-electron chi connectivity index (χ1n) is 16.5. The largest absolute Gasteiger partial charge is 0.497 e. The van der Waals surface area contributed by atoms with Crippen molar-refractivity contribution in [3.8, 4) is 11.5 Å². The Morgan fingerprint density at radius 1 is 1.00 bits per heavy atom. The third-order valence-electron chi connectivity index (χ3n) is 9.32. The van der Waals surface area contributed by atoms with Crippen molar-refractivity contribution in [1.82, 2.24) is 18.9 Å². The predicted octanol–water partition coefficient (Wildman–Crippen LogP) is 3.66. The molecule has 4 aromatic rings. The van der Waals surface area contributed by atoms with Crippen molar-refractivity contribution in [3.63, 3.8) is 0 Å². The summed E-state index contributed by atoms with van der Waals surface area (Å²) < 4.78 is 51.7. The number of methoxy groups -OCH3 is 2. The van der Waals surface area contributed by atoms with E-state index in [1.54, 1.807) is 54.3 Å². The van der Waals surface area contributed by atoms with Crippen LogP contribution in [0.25, 0.3) is 10.9 Å². The van der Waals surface area contributed by atoms with Gasteiger partial charge in [-0.15, -0.1) is 0 Å². The van der Waals surface area contributed by atoms with Gasteiger partial charge in [-0.2, -0.15) is 0 Å². The number of aromatic nitrogens is 2. The highest BCUT2D eigenvalue weighted by atomic mass is 32.2. The maximum absolute atomic E-state index is 14.3. The lowest BCUT2D eigenvalue weighted by atomic mass is 10.1. The smallest absolute Gasteiger partial charge is 0.327 e. The van der Waals surface area contributed by atoms with E-state index in [9.17, 15) is 27.2 Å². The average molecular weight is 724 g/mol. The number of carbonyl (C=O) groups excluding carboxylic acids is 2. The Morgan fingerprint density at radius 2 is 1.71 bits per heavy atom. The minimum Gasteiger partial charge on any atom is -0.497 e. The third kappa shape index (κ3) is 7.32. The van der Waals surface area contributed by atoms with Gasteiger partial charge in [0.15, 0.2) is 5.82 Å². The number of fused-ring (bicyclic) bond motifs is 1. The first-order chi connectivity index (χ1) is 24.4. The third-order valence-corrected chi connectivity index (χ3v) is 10.6. The fourth-order valence-corrected chi connectivity index (χ4v) is 7.49. The second-order valence-electron chi connectivity index (χ2n) is 12.5. The van der Waals surface area contributed by atoms with Gasteiger partial charge in [-0.3, -0.25) is 14.5 Å². The molecule has 2 aliphatic rings. The zero-order valence-corrected chi connectivity index (χ0v) is 29.6. The number of para-hydroxylation sites is 1. The fraction of sp³-hybridized carbons (Fsp3) is 0.371. The number of urea groups is 1. The van der Waals surface area contributed by atoms with Gasteiger partial charge in [0.05, 0.1) is 62.1 Å². The molecule has 2 atom stereocenters. The van der Waals surface area contributed by atoms with Crippen molar-refractivity contribution < 1.29 is 33.3 Å². The van der Waals surface area contributed by atoms with Crippen LogP contribution in [0, 0.1) is 11.7 Å². The van der Waals surface area contributed by atoms with E-state index in [1.165, 1.54) is 52.4 Å². The lowest BCUT2D eigenvalue weighted by Gasteiger charge is -2.39. The number of hydrogen-bond donors (Lipinski definition) is 1. The Morgan fingerprint density at radius 3 is 2.35 bits per heavy atom. The number of nitrogens with one attached hydrogen (secondary N) is 1. The molecule has 2 saturated heterocycles. The molecule has 0 radical (unpaired) electrons. The SMILES string of the molecule is COc1ccc(N(C(=O)Nc2ccc(F)cc2)C(C)c2nc3ccccc3c(=O)n2N2CCN(C(=O)C3CCN(S(C)(=O)=O)C3)CC2)c(OC)c1.[HH]. The van der Waals surface area contributed by atoms with Gasteiger partial charge in [0.25, 0.3) is 5.56 Å². The van der Waals surface area contributed by atoms with Gasteiger partial charge >= 0.3 is 6.03 Å². The molecular formula is C35H42FN7O7S. The van der Waals surface area contributed by atoms with E-state index in [2.05, 4.69) is 5.32 Å². The van der Waals surface area contributed by atoms with Gasteiger partial charge in [0, 0.05) is 39.4 Å². The summed E-state index contributed by atoms with van der Waals surface area (Å²) in [5.74, 6) is 0.0641. The van der Waals surface area contributed by atoms with E-state index >= 15 is 0 Å². The Hall–Kier alpha value is -5.22. The van der Waals surface area contributed by atoms with Gasteiger partial charge in [-0.05, 0) is 61.9 Å². The summed E-state index contributed by atoms with van der Waals surface area (Å²) in [6.45, 7) is 3.35. The Balaban J connectivity index is 0.00000523. The molecule has 2 aliphatic heterocycles. The minimum absolute atomic E-state index is 0. The summed E-state index contributed by atoms with van der Waals surface area (Å²) in [4.78, 5) is 50.0. The molecule has 272 valence electrons. The Bertz CT molecular complexity index is 2110. The molecule has 2 unspecified atom stereocenters. The molecule has 2 fully saturated rings. The van der Waals surface area contributed by atoms with Crippen LogP contribution in [0.5, 0.6) is 11.5 Å². The van der Waals surface area contributed by atoms with E-state index in [4.69, 9.17) is 14.5 Å². The Labute approximate surface area is 296 Å². The lowest BCUT2D eigenvalue weighted by Crippen LogP contribution is -2.57. The molecule has 51 heavy (non-hydrogen) atoms. The normalized spacial score (nSPS) is 17.3. The van der Waals surface area contributed by atoms with E-state index in [1.807, 2.05) is 5.01 Å². The molecule has 16 heteroatoms. The highest BCUT2D eigenvalue weighted by Gasteiger charge is 2.37. The highest BCUT2D eigenvalue weighted by molar-refractivity contribution is 7.88. The monoisotopic (exact) mass is 723 g/mol. The van der Waals surface area contributed by atoms with E-state index in [0.717, 1.165) is 6.26 Å². The van der Waals surface area contributed by atoms with Crippen LogP contribution in [0.3, 0.4) is 0 Å². The number of hydrogen-bond acceptors (Lipinski definition) is 9. The van der Waals surface area contributed by atoms with Crippen molar-refractivity contribution in [3.05, 3.63) is 88.7 Å². The molecule has 1 aromatic heterocycles. The van der Waals surface area contributed by atoms with Crippen LogP contribution < -0.4 is 30.3 Å². The van der Waals surface area contributed by atoms with Gasteiger partial charge in [-0.25, -0.2) is 31.6 Å². The standard InChI is InChI=1S/C35H40FN7O7S.H2/c1-23(42(30-14-13-27(49-2)21-31(30)50-3)35(46)37-26-11-9-25(36)10-12-26)32-38-29-8-6-5-7-28(29)34(45)43(32)40-19-17-39(18-20-40)33(44)24-15-16-41(22-24)51(4,47)48;/h5-14,21,23-24H,15-20,22H2,1-4H3,(H,37,46);1H. The van der Waals surface area contributed by atoms with Crippen LogP contribution in [0.2, 0.25) is 0 Å². The van der Waals surface area contributed by atoms with Gasteiger partial charge < -0.3 is 24.7 Å². The number of ether oxygens (including phenoxy) is 2. The quantitative estimate of drug-likeness (QED) is 0.274. The first-order valence-corrected chi connectivity index (χ1v) is 18.3. The topological polar surface area (TPSA) is 147 Å². The first kappa shape index (κ1) is 35.6. The molecule has 0 saturated carbocycles. The number of rotatable bonds is 9. The molecule has 0 aliphatic carbocycles. The summed E-state index contributed by atoms with van der Waals surface area (Å²) in [5, 5.41) is 5.02. The van der Waals surface area contributed by atoms with Crippen molar-refractivity contribution in [2.45, 2.75) is 19.4 Å². The number of sulfonamides is 1. The van der Waals surface area contributed by atoms with Crippen LogP contribution >= 0.6 is 0 Å². The summed E-state index contributed by atoms with van der Waals surface area (Å²) in [6, 6.07) is 15.8. The average Bonchev–Trinajstić information content (AvgIpc) is 3.64. The van der Waals surface area contributed by atoms with Crippen LogP contribution in [0.4, 0.5) is 20.6 Å². The predicted molar refractivity (Wildman–Crippen MR) is 193 cm³/mol. The molecule has 0 spiro atoms. The molecule has 14 nitrogen and oxygen atoms in total. The number of piperazine rings is 1. The summed E-state index contributed by atoms with van der Waals surface area (Å²) in [7, 11) is -0.414. The molecule has 0 bridgehead atoms. The zero-order chi connectivity index (χ0) is 36.4. The molecule has 1 N–H and O–H groups in total. The van der Waals surface area contributed by atoms with E-state index in [0.29, 0.717) is 59.8 Å². The Kier molecular flexibility index (Phi) is 10.2. The maximum atomic E-state index is 14.3. The number of amides is 3. The molecular weight excluding hydrogens is 681 g/mol. The molecule has 6 rings (SSSR count). The van der Waals surface area contributed by atoms with Gasteiger partial charge in [0.2, 0.25) is 15.9 Å². The minimum atomic E-state index is -3.39. The van der Waals surface area contributed by atoms with Crippen molar-refractivity contribution in [2.24, 2.45) is 5.92 Å². The number of nitrogens with zero attached hydrogens (tertiary/aromatic N) is 6. The van der Waals surface area contributed by atoms with Gasteiger partial charge in [0.1, 0.15) is 17.3 Å². The molecule has 3 aromatic carbocycles. The molecule has 3 amide bonds. The fourth-order valence-electron chi connectivity index (χ4n) is 6.60. The zero-order valence-electron chi connectivity index (χ0n) is 28.8.